The van der Waals surface area contributed by atoms with Crippen molar-refractivity contribution in [1.29, 1.82) is 0 Å². The second-order valence-corrected chi connectivity index (χ2v) is 8.69. The summed E-state index contributed by atoms with van der Waals surface area (Å²) in [5.74, 6) is 0.836. The van der Waals surface area contributed by atoms with E-state index in [2.05, 4.69) is 36.4 Å². The number of hydrogen-bond acceptors (Lipinski definition) is 4. The monoisotopic (exact) mass is 466 g/mol. The summed E-state index contributed by atoms with van der Waals surface area (Å²) in [6, 6.07) is 24.5. The van der Waals surface area contributed by atoms with E-state index >= 15 is 0 Å². The van der Waals surface area contributed by atoms with E-state index in [0.717, 1.165) is 53.1 Å². The topological polar surface area (TPSA) is 36.9 Å². The molecule has 0 spiro atoms. The maximum atomic E-state index is 6.51. The van der Waals surface area contributed by atoms with E-state index in [1.807, 2.05) is 36.4 Å². The summed E-state index contributed by atoms with van der Waals surface area (Å²) in [6.07, 6.45) is 3.73. The van der Waals surface area contributed by atoms with Crippen molar-refractivity contribution in [2.24, 2.45) is 0 Å². The highest BCUT2D eigenvalue weighted by atomic mass is 35.5. The number of benzene rings is 3. The van der Waals surface area contributed by atoms with Crippen molar-refractivity contribution in [3.05, 3.63) is 100 Å². The van der Waals surface area contributed by atoms with Crippen LogP contribution in [0.25, 0.3) is 0 Å². The zero-order valence-corrected chi connectivity index (χ0v) is 19.8. The van der Waals surface area contributed by atoms with Crippen LogP contribution in [0.15, 0.2) is 72.8 Å². The Hall–Kier alpha value is -2.37. The SMILES string of the molecule is COC1CCCC(c2ccc(Cl)c(Cc3ccc(OCCOCc4ccccc4)cc3)c2)O1. The third-order valence-corrected chi connectivity index (χ3v) is 6.22. The largest absolute Gasteiger partial charge is 0.491 e. The van der Waals surface area contributed by atoms with Crippen molar-refractivity contribution < 1.29 is 18.9 Å². The van der Waals surface area contributed by atoms with Crippen LogP contribution in [-0.2, 0) is 27.2 Å². The number of ether oxygens (including phenoxy) is 4. The van der Waals surface area contributed by atoms with Crippen molar-refractivity contribution in [2.75, 3.05) is 20.3 Å². The first kappa shape index (κ1) is 23.8. The Kier molecular flexibility index (Phi) is 8.79. The van der Waals surface area contributed by atoms with Crippen molar-refractivity contribution in [3.8, 4) is 5.75 Å². The lowest BCUT2D eigenvalue weighted by Gasteiger charge is -2.29. The molecule has 0 aromatic heterocycles. The average molecular weight is 467 g/mol. The molecule has 0 bridgehead atoms. The van der Waals surface area contributed by atoms with Crippen LogP contribution in [-0.4, -0.2) is 26.6 Å². The summed E-state index contributed by atoms with van der Waals surface area (Å²) < 4.78 is 23.0. The minimum atomic E-state index is -0.126. The highest BCUT2D eigenvalue weighted by Crippen LogP contribution is 2.33. The fraction of sp³-hybridized carbons (Fsp3) is 0.357. The summed E-state index contributed by atoms with van der Waals surface area (Å²) in [4.78, 5) is 0. The molecule has 0 saturated carbocycles. The molecule has 4 nitrogen and oxygen atoms in total. The van der Waals surface area contributed by atoms with Crippen LogP contribution in [0.1, 0.15) is 47.6 Å². The first-order valence-corrected chi connectivity index (χ1v) is 11.9. The van der Waals surface area contributed by atoms with Crippen LogP contribution < -0.4 is 4.74 Å². The van der Waals surface area contributed by atoms with Crippen LogP contribution in [0, 0.1) is 0 Å². The molecule has 1 fully saturated rings. The van der Waals surface area contributed by atoms with E-state index in [-0.39, 0.29) is 12.4 Å². The van der Waals surface area contributed by atoms with Crippen LogP contribution in [0.5, 0.6) is 5.75 Å². The highest BCUT2D eigenvalue weighted by Gasteiger charge is 2.23. The third kappa shape index (κ3) is 7.05. The molecule has 3 aromatic carbocycles. The van der Waals surface area contributed by atoms with Crippen LogP contribution in [0.4, 0.5) is 0 Å². The van der Waals surface area contributed by atoms with Gasteiger partial charge in [-0.25, -0.2) is 0 Å². The molecule has 0 amide bonds. The van der Waals surface area contributed by atoms with Crippen LogP contribution in [0.2, 0.25) is 5.02 Å². The second-order valence-electron chi connectivity index (χ2n) is 8.28. The number of halogens is 1. The van der Waals surface area contributed by atoms with Gasteiger partial charge in [-0.1, -0.05) is 66.2 Å². The van der Waals surface area contributed by atoms with Gasteiger partial charge in [0, 0.05) is 12.1 Å². The van der Waals surface area contributed by atoms with Crippen molar-refractivity contribution in [2.45, 2.75) is 44.7 Å². The van der Waals surface area contributed by atoms with Gasteiger partial charge in [0.1, 0.15) is 12.4 Å². The molecule has 1 heterocycles. The van der Waals surface area contributed by atoms with Gasteiger partial charge in [0.25, 0.3) is 0 Å². The Balaban J connectivity index is 1.27. The fourth-order valence-electron chi connectivity index (χ4n) is 4.04. The molecule has 1 saturated heterocycles. The quantitative estimate of drug-likeness (QED) is 0.310. The molecule has 33 heavy (non-hydrogen) atoms. The Morgan fingerprint density at radius 1 is 0.909 bits per heavy atom. The number of methoxy groups -OCH3 is 1. The van der Waals surface area contributed by atoms with Crippen molar-refractivity contribution in [3.63, 3.8) is 0 Å². The van der Waals surface area contributed by atoms with Gasteiger partial charge in [0.15, 0.2) is 6.29 Å². The molecule has 0 aliphatic carbocycles. The summed E-state index contributed by atoms with van der Waals surface area (Å²) >= 11 is 6.51. The van der Waals surface area contributed by atoms with E-state index in [0.29, 0.717) is 19.8 Å². The van der Waals surface area contributed by atoms with Gasteiger partial charge in [-0.05, 0) is 66.1 Å². The Labute approximate surface area is 201 Å². The van der Waals surface area contributed by atoms with Gasteiger partial charge in [-0.15, -0.1) is 0 Å². The molecule has 5 heteroatoms. The molecule has 0 radical (unpaired) electrons. The predicted molar refractivity (Wildman–Crippen MR) is 131 cm³/mol. The zero-order valence-electron chi connectivity index (χ0n) is 19.0. The van der Waals surface area contributed by atoms with Gasteiger partial charge in [-0.2, -0.15) is 0 Å². The molecule has 174 valence electrons. The molecular formula is C28H31ClO4. The van der Waals surface area contributed by atoms with Crippen molar-refractivity contribution in [1.82, 2.24) is 0 Å². The second kappa shape index (κ2) is 12.2. The molecule has 0 N–H and O–H groups in total. The lowest BCUT2D eigenvalue weighted by atomic mass is 9.96. The standard InChI is InChI=1S/C28H31ClO4/c1-30-28-9-5-8-27(33-28)23-12-15-26(29)24(19-23)18-21-10-13-25(14-11-21)32-17-16-31-20-22-6-3-2-4-7-22/h2-4,6-7,10-15,19,27-28H,5,8-9,16-18,20H2,1H3. The molecule has 1 aliphatic heterocycles. The van der Waals surface area contributed by atoms with E-state index in [4.69, 9.17) is 30.5 Å². The van der Waals surface area contributed by atoms with Gasteiger partial charge in [-0.3, -0.25) is 0 Å². The van der Waals surface area contributed by atoms with E-state index in [1.54, 1.807) is 7.11 Å². The van der Waals surface area contributed by atoms with Gasteiger partial charge < -0.3 is 18.9 Å². The first-order chi connectivity index (χ1) is 16.2. The van der Waals surface area contributed by atoms with E-state index < -0.39 is 0 Å². The summed E-state index contributed by atoms with van der Waals surface area (Å²) in [5.41, 5.74) is 4.60. The smallest absolute Gasteiger partial charge is 0.158 e. The molecule has 4 rings (SSSR count). The summed E-state index contributed by atoms with van der Waals surface area (Å²) in [7, 11) is 1.70. The van der Waals surface area contributed by atoms with Crippen LogP contribution in [0.3, 0.4) is 0 Å². The van der Waals surface area contributed by atoms with Crippen molar-refractivity contribution >= 4 is 11.6 Å². The summed E-state index contributed by atoms with van der Waals surface area (Å²) in [6.45, 7) is 1.66. The van der Waals surface area contributed by atoms with E-state index in [9.17, 15) is 0 Å². The lowest BCUT2D eigenvalue weighted by Crippen LogP contribution is -2.23. The van der Waals surface area contributed by atoms with Gasteiger partial charge >= 0.3 is 0 Å². The minimum absolute atomic E-state index is 0.0552. The molecule has 3 aromatic rings. The van der Waals surface area contributed by atoms with E-state index in [1.165, 1.54) is 5.56 Å². The minimum Gasteiger partial charge on any atom is -0.491 e. The Bertz CT molecular complexity index is 991. The zero-order chi connectivity index (χ0) is 22.9. The Morgan fingerprint density at radius 2 is 1.73 bits per heavy atom. The molecule has 1 aliphatic rings. The first-order valence-electron chi connectivity index (χ1n) is 11.5. The van der Waals surface area contributed by atoms with Gasteiger partial charge in [0.2, 0.25) is 0 Å². The maximum absolute atomic E-state index is 6.51. The number of hydrogen-bond donors (Lipinski definition) is 0. The Morgan fingerprint density at radius 3 is 2.52 bits per heavy atom. The van der Waals surface area contributed by atoms with Gasteiger partial charge in [0.05, 0.1) is 19.3 Å². The molecular weight excluding hydrogens is 436 g/mol. The molecule has 2 atom stereocenters. The third-order valence-electron chi connectivity index (χ3n) is 5.85. The predicted octanol–water partition coefficient (Wildman–Crippen LogP) is 6.74. The molecule has 2 unspecified atom stereocenters. The average Bonchev–Trinajstić information content (AvgIpc) is 2.87. The summed E-state index contributed by atoms with van der Waals surface area (Å²) in [5, 5.41) is 0.772. The maximum Gasteiger partial charge on any atom is 0.158 e. The number of rotatable bonds is 10. The highest BCUT2D eigenvalue weighted by molar-refractivity contribution is 6.31. The van der Waals surface area contributed by atoms with Crippen LogP contribution >= 0.6 is 11.6 Å². The fourth-order valence-corrected chi connectivity index (χ4v) is 4.23. The normalized spacial score (nSPS) is 18.2. The lowest BCUT2D eigenvalue weighted by molar-refractivity contribution is -0.182.